The molecule has 0 unspecified atom stereocenters. The van der Waals surface area contributed by atoms with Crippen LogP contribution in [0.4, 0.5) is 0 Å². The van der Waals surface area contributed by atoms with E-state index in [9.17, 15) is 4.79 Å². The van der Waals surface area contributed by atoms with Crippen molar-refractivity contribution in [2.75, 3.05) is 6.61 Å². The number of nitrogens with zero attached hydrogens (tertiary/aromatic N) is 1. The van der Waals surface area contributed by atoms with E-state index in [0.29, 0.717) is 17.9 Å². The lowest BCUT2D eigenvalue weighted by Gasteiger charge is -2.12. The first-order valence-electron chi connectivity index (χ1n) is 6.77. The summed E-state index contributed by atoms with van der Waals surface area (Å²) >= 11 is 0. The van der Waals surface area contributed by atoms with Crippen LogP contribution in [-0.4, -0.2) is 17.6 Å². The van der Waals surface area contributed by atoms with Gasteiger partial charge < -0.3 is 10.5 Å². The Labute approximate surface area is 124 Å². The van der Waals surface area contributed by atoms with E-state index in [0.717, 1.165) is 16.7 Å². The molecule has 2 aromatic rings. The first kappa shape index (κ1) is 14.8. The monoisotopic (exact) mass is 282 g/mol. The molecule has 0 radical (unpaired) electrons. The second-order valence-electron chi connectivity index (χ2n) is 4.61. The van der Waals surface area contributed by atoms with Crippen LogP contribution in [-0.2, 0) is 9.53 Å². The van der Waals surface area contributed by atoms with E-state index in [-0.39, 0.29) is 0 Å². The number of hydrogen-bond donors (Lipinski definition) is 1. The molecule has 0 saturated heterocycles. The number of aromatic nitrogens is 1. The second kappa shape index (κ2) is 6.70. The number of rotatable bonds is 4. The molecule has 0 aliphatic heterocycles. The highest BCUT2D eigenvalue weighted by molar-refractivity contribution is 6.24. The van der Waals surface area contributed by atoms with Crippen LogP contribution >= 0.6 is 0 Å². The molecule has 108 valence electrons. The van der Waals surface area contributed by atoms with Crippen molar-refractivity contribution >= 4 is 17.2 Å². The van der Waals surface area contributed by atoms with E-state index in [2.05, 4.69) is 4.98 Å². The highest BCUT2D eigenvalue weighted by atomic mass is 16.5. The Morgan fingerprint density at radius 3 is 2.52 bits per heavy atom. The van der Waals surface area contributed by atoms with Crippen LogP contribution in [0.3, 0.4) is 0 Å². The Kier molecular flexibility index (Phi) is 4.72. The minimum atomic E-state index is -0.419. The maximum atomic E-state index is 12.3. The van der Waals surface area contributed by atoms with Gasteiger partial charge in [-0.25, -0.2) is 4.79 Å². The Morgan fingerprint density at radius 2 is 1.90 bits per heavy atom. The van der Waals surface area contributed by atoms with Gasteiger partial charge in [0.1, 0.15) is 0 Å². The summed E-state index contributed by atoms with van der Waals surface area (Å²) in [6.45, 7) is 4.04. The molecular formula is C17H18N2O2. The molecule has 0 saturated carbocycles. The predicted molar refractivity (Wildman–Crippen MR) is 83.1 cm³/mol. The lowest BCUT2D eigenvalue weighted by Crippen LogP contribution is -2.13. The molecule has 0 amide bonds. The maximum Gasteiger partial charge on any atom is 0.340 e. The van der Waals surface area contributed by atoms with Crippen LogP contribution in [0.2, 0.25) is 0 Å². The van der Waals surface area contributed by atoms with E-state index in [1.807, 2.05) is 31.2 Å². The number of benzene rings is 1. The molecule has 2 rings (SSSR count). The summed E-state index contributed by atoms with van der Waals surface area (Å²) in [4.78, 5) is 16.3. The quantitative estimate of drug-likeness (QED) is 0.691. The Hall–Kier alpha value is -2.62. The van der Waals surface area contributed by atoms with Crippen molar-refractivity contribution < 1.29 is 9.53 Å². The van der Waals surface area contributed by atoms with E-state index >= 15 is 0 Å². The summed E-state index contributed by atoms with van der Waals surface area (Å²) < 4.78 is 5.15. The Balaban J connectivity index is 2.58. The number of ether oxygens (including phenoxy) is 1. The van der Waals surface area contributed by atoms with Gasteiger partial charge in [-0.05, 0) is 31.5 Å². The molecule has 1 heterocycles. The summed E-state index contributed by atoms with van der Waals surface area (Å²) in [6.07, 6.45) is 3.28. The fourth-order valence-corrected chi connectivity index (χ4v) is 2.06. The molecule has 1 aromatic carbocycles. The molecule has 0 spiro atoms. The molecule has 0 bridgehead atoms. The number of pyridine rings is 1. The smallest absolute Gasteiger partial charge is 0.340 e. The standard InChI is InChI=1S/C17H18N2O2/c1-3-21-17(20)15(14-6-4-5-12(2)11-14)16(18)13-7-9-19-10-8-13/h4-11H,3,18H2,1-2H3/b16-15-. The average Bonchev–Trinajstić information content (AvgIpc) is 2.48. The minimum Gasteiger partial charge on any atom is -0.462 e. The lowest BCUT2D eigenvalue weighted by molar-refractivity contribution is -0.136. The van der Waals surface area contributed by atoms with Crippen molar-refractivity contribution in [3.8, 4) is 0 Å². The fraction of sp³-hybridized carbons (Fsp3) is 0.176. The third-order valence-electron chi connectivity index (χ3n) is 3.05. The van der Waals surface area contributed by atoms with E-state index in [4.69, 9.17) is 10.5 Å². The van der Waals surface area contributed by atoms with Gasteiger partial charge in [-0.3, -0.25) is 4.98 Å². The highest BCUT2D eigenvalue weighted by Crippen LogP contribution is 2.24. The molecular weight excluding hydrogens is 264 g/mol. The van der Waals surface area contributed by atoms with E-state index < -0.39 is 5.97 Å². The summed E-state index contributed by atoms with van der Waals surface area (Å²) in [7, 11) is 0. The normalized spacial score (nSPS) is 11.7. The third kappa shape index (κ3) is 3.48. The first-order chi connectivity index (χ1) is 10.1. The highest BCUT2D eigenvalue weighted by Gasteiger charge is 2.18. The number of hydrogen-bond acceptors (Lipinski definition) is 4. The first-order valence-corrected chi connectivity index (χ1v) is 6.77. The zero-order valence-electron chi connectivity index (χ0n) is 12.2. The Morgan fingerprint density at radius 1 is 1.19 bits per heavy atom. The minimum absolute atomic E-state index is 0.303. The van der Waals surface area contributed by atoms with Crippen molar-refractivity contribution in [3.05, 3.63) is 65.5 Å². The van der Waals surface area contributed by atoms with Gasteiger partial charge in [0.2, 0.25) is 0 Å². The number of esters is 1. The lowest BCUT2D eigenvalue weighted by atomic mass is 9.99. The average molecular weight is 282 g/mol. The zero-order valence-corrected chi connectivity index (χ0v) is 12.2. The third-order valence-corrected chi connectivity index (χ3v) is 3.05. The largest absolute Gasteiger partial charge is 0.462 e. The molecule has 0 aliphatic carbocycles. The summed E-state index contributed by atoms with van der Waals surface area (Å²) in [5, 5.41) is 0. The van der Waals surface area contributed by atoms with Crippen molar-refractivity contribution in [3.63, 3.8) is 0 Å². The van der Waals surface area contributed by atoms with Gasteiger partial charge in [0, 0.05) is 18.0 Å². The van der Waals surface area contributed by atoms with Crippen molar-refractivity contribution in [2.45, 2.75) is 13.8 Å². The van der Waals surface area contributed by atoms with Crippen LogP contribution < -0.4 is 5.73 Å². The van der Waals surface area contributed by atoms with Crippen LogP contribution in [0.15, 0.2) is 48.8 Å². The second-order valence-corrected chi connectivity index (χ2v) is 4.61. The van der Waals surface area contributed by atoms with Gasteiger partial charge >= 0.3 is 5.97 Å². The zero-order chi connectivity index (χ0) is 15.2. The number of carbonyl (C=O) groups is 1. The maximum absolute atomic E-state index is 12.3. The number of aryl methyl sites for hydroxylation is 1. The SMILES string of the molecule is CCOC(=O)/C(=C(\N)c1ccncc1)c1cccc(C)c1. The molecule has 0 atom stereocenters. The Bertz CT molecular complexity index is 664. The summed E-state index contributed by atoms with van der Waals surface area (Å²) in [5.41, 5.74) is 9.53. The van der Waals surface area contributed by atoms with Crippen LogP contribution in [0.1, 0.15) is 23.6 Å². The van der Waals surface area contributed by atoms with Gasteiger partial charge in [0.15, 0.2) is 0 Å². The predicted octanol–water partition coefficient (Wildman–Crippen LogP) is 2.78. The van der Waals surface area contributed by atoms with Gasteiger partial charge in [-0.15, -0.1) is 0 Å². The summed E-state index contributed by atoms with van der Waals surface area (Å²) in [6, 6.07) is 11.2. The number of nitrogens with two attached hydrogens (primary N) is 1. The van der Waals surface area contributed by atoms with Crippen LogP contribution in [0.25, 0.3) is 11.3 Å². The van der Waals surface area contributed by atoms with Crippen molar-refractivity contribution in [1.29, 1.82) is 0 Å². The summed E-state index contributed by atoms with van der Waals surface area (Å²) in [5.74, 6) is -0.419. The molecule has 4 nitrogen and oxygen atoms in total. The van der Waals surface area contributed by atoms with E-state index in [1.165, 1.54) is 0 Å². The topological polar surface area (TPSA) is 65.2 Å². The van der Waals surface area contributed by atoms with Gasteiger partial charge in [0.25, 0.3) is 0 Å². The number of carbonyl (C=O) groups excluding carboxylic acids is 1. The fourth-order valence-electron chi connectivity index (χ4n) is 2.06. The van der Waals surface area contributed by atoms with Crippen LogP contribution in [0, 0.1) is 6.92 Å². The van der Waals surface area contributed by atoms with Crippen LogP contribution in [0.5, 0.6) is 0 Å². The van der Waals surface area contributed by atoms with Gasteiger partial charge in [-0.1, -0.05) is 29.8 Å². The van der Waals surface area contributed by atoms with Crippen molar-refractivity contribution in [2.24, 2.45) is 5.73 Å². The van der Waals surface area contributed by atoms with Gasteiger partial charge in [-0.2, -0.15) is 0 Å². The molecule has 21 heavy (non-hydrogen) atoms. The van der Waals surface area contributed by atoms with E-state index in [1.54, 1.807) is 31.5 Å². The molecule has 4 heteroatoms. The molecule has 0 fully saturated rings. The molecule has 1 aromatic heterocycles. The molecule has 2 N–H and O–H groups in total. The molecule has 0 aliphatic rings. The van der Waals surface area contributed by atoms with Gasteiger partial charge in [0.05, 0.1) is 17.9 Å². The van der Waals surface area contributed by atoms with Crippen molar-refractivity contribution in [1.82, 2.24) is 4.98 Å².